The summed E-state index contributed by atoms with van der Waals surface area (Å²) in [6.45, 7) is 2.33. The topological polar surface area (TPSA) is 52.7 Å². The van der Waals surface area contributed by atoms with Gasteiger partial charge in [0.15, 0.2) is 0 Å². The van der Waals surface area contributed by atoms with E-state index in [-0.39, 0.29) is 36.8 Å². The lowest BCUT2D eigenvalue weighted by molar-refractivity contribution is -0.146. The summed E-state index contributed by atoms with van der Waals surface area (Å²) < 4.78 is 0. The molecular formula is C17H22ClN3O2. The van der Waals surface area contributed by atoms with Crippen LogP contribution in [0.1, 0.15) is 24.0 Å². The van der Waals surface area contributed by atoms with E-state index in [1.54, 1.807) is 4.90 Å². The number of hydrogen-bond donors (Lipinski definition) is 1. The number of piperazine rings is 1. The van der Waals surface area contributed by atoms with Gasteiger partial charge in [-0.15, -0.1) is 12.4 Å². The maximum Gasteiger partial charge on any atom is 0.242 e. The summed E-state index contributed by atoms with van der Waals surface area (Å²) in [7, 11) is 0. The van der Waals surface area contributed by atoms with Crippen LogP contribution in [0, 0.1) is 0 Å². The van der Waals surface area contributed by atoms with Crippen LogP contribution in [-0.4, -0.2) is 53.3 Å². The second-order valence-corrected chi connectivity index (χ2v) is 6.48. The lowest BCUT2D eigenvalue weighted by Crippen LogP contribution is -2.57. The smallest absolute Gasteiger partial charge is 0.242 e. The van der Waals surface area contributed by atoms with E-state index in [4.69, 9.17) is 0 Å². The molecule has 4 rings (SSSR count). The molecule has 23 heavy (non-hydrogen) atoms. The Morgan fingerprint density at radius 1 is 1.13 bits per heavy atom. The van der Waals surface area contributed by atoms with Crippen LogP contribution in [-0.2, 0) is 22.6 Å². The molecule has 2 aliphatic heterocycles. The van der Waals surface area contributed by atoms with Gasteiger partial charge in [0, 0.05) is 25.7 Å². The second-order valence-electron chi connectivity index (χ2n) is 6.48. The first-order valence-corrected chi connectivity index (χ1v) is 8.11. The molecule has 5 nitrogen and oxygen atoms in total. The summed E-state index contributed by atoms with van der Waals surface area (Å²) in [5.74, 6) is 0.177. The molecule has 3 aliphatic rings. The summed E-state index contributed by atoms with van der Waals surface area (Å²) in [4.78, 5) is 28.6. The Bertz CT molecular complexity index is 618. The fourth-order valence-electron chi connectivity index (χ4n) is 3.50. The van der Waals surface area contributed by atoms with Gasteiger partial charge >= 0.3 is 0 Å². The number of benzene rings is 1. The van der Waals surface area contributed by atoms with Crippen molar-refractivity contribution in [1.82, 2.24) is 15.1 Å². The Hall–Kier alpha value is -1.59. The number of nitrogens with one attached hydrogen (secondary N) is 1. The normalized spacial score (nSPS) is 24.0. The average molecular weight is 336 g/mol. The first-order valence-electron chi connectivity index (χ1n) is 8.11. The molecule has 1 aliphatic carbocycles. The Kier molecular flexibility index (Phi) is 4.60. The predicted molar refractivity (Wildman–Crippen MR) is 89.3 cm³/mol. The van der Waals surface area contributed by atoms with Gasteiger partial charge in [-0.05, 0) is 30.4 Å². The van der Waals surface area contributed by atoms with Crippen molar-refractivity contribution in [3.05, 3.63) is 35.4 Å². The van der Waals surface area contributed by atoms with Gasteiger partial charge in [-0.1, -0.05) is 24.3 Å². The Labute approximate surface area is 142 Å². The van der Waals surface area contributed by atoms with Gasteiger partial charge in [-0.3, -0.25) is 9.59 Å². The molecule has 2 fully saturated rings. The van der Waals surface area contributed by atoms with Gasteiger partial charge < -0.3 is 15.1 Å². The number of carbonyl (C=O) groups excluding carboxylic acids is 2. The fraction of sp³-hybridized carbons (Fsp3) is 0.529. The number of rotatable bonds is 2. The molecular weight excluding hydrogens is 314 g/mol. The van der Waals surface area contributed by atoms with Crippen molar-refractivity contribution in [3.63, 3.8) is 0 Å². The zero-order valence-corrected chi connectivity index (χ0v) is 13.8. The van der Waals surface area contributed by atoms with Gasteiger partial charge in [-0.2, -0.15) is 0 Å². The lowest BCUT2D eigenvalue weighted by atomic mass is 9.95. The molecule has 1 N–H and O–H groups in total. The molecule has 0 spiro atoms. The number of hydrogen-bond acceptors (Lipinski definition) is 3. The largest absolute Gasteiger partial charge is 0.336 e. The van der Waals surface area contributed by atoms with Crippen LogP contribution in [0.3, 0.4) is 0 Å². The van der Waals surface area contributed by atoms with E-state index in [0.717, 1.165) is 19.4 Å². The van der Waals surface area contributed by atoms with E-state index in [2.05, 4.69) is 17.4 Å². The van der Waals surface area contributed by atoms with Crippen LogP contribution >= 0.6 is 12.4 Å². The van der Waals surface area contributed by atoms with Gasteiger partial charge in [-0.25, -0.2) is 0 Å². The maximum absolute atomic E-state index is 12.7. The van der Waals surface area contributed by atoms with Crippen molar-refractivity contribution in [2.75, 3.05) is 19.6 Å². The maximum atomic E-state index is 12.7. The highest BCUT2D eigenvalue weighted by atomic mass is 35.5. The van der Waals surface area contributed by atoms with Crippen molar-refractivity contribution >= 4 is 24.2 Å². The summed E-state index contributed by atoms with van der Waals surface area (Å²) >= 11 is 0. The van der Waals surface area contributed by atoms with Crippen LogP contribution in [0.2, 0.25) is 0 Å². The minimum absolute atomic E-state index is 0. The van der Waals surface area contributed by atoms with E-state index in [1.807, 2.05) is 17.0 Å². The molecule has 2 heterocycles. The monoisotopic (exact) mass is 335 g/mol. The third-order valence-electron chi connectivity index (χ3n) is 4.94. The van der Waals surface area contributed by atoms with Gasteiger partial charge in [0.2, 0.25) is 11.8 Å². The molecule has 0 aromatic heterocycles. The third-order valence-corrected chi connectivity index (χ3v) is 4.94. The Morgan fingerprint density at radius 3 is 2.57 bits per heavy atom. The first-order chi connectivity index (χ1) is 10.7. The zero-order chi connectivity index (χ0) is 15.1. The van der Waals surface area contributed by atoms with Crippen LogP contribution in [0.25, 0.3) is 0 Å². The molecule has 6 heteroatoms. The van der Waals surface area contributed by atoms with Crippen molar-refractivity contribution in [3.8, 4) is 0 Å². The molecule has 124 valence electrons. The second kappa shape index (κ2) is 6.49. The van der Waals surface area contributed by atoms with Crippen molar-refractivity contribution in [2.24, 2.45) is 0 Å². The molecule has 1 aromatic rings. The number of nitrogens with zero attached hydrogens (tertiary/aromatic N) is 2. The Morgan fingerprint density at radius 2 is 1.87 bits per heavy atom. The van der Waals surface area contributed by atoms with Crippen LogP contribution in [0.15, 0.2) is 24.3 Å². The number of amides is 2. The number of fused-ring (bicyclic) bond motifs is 1. The van der Waals surface area contributed by atoms with Gasteiger partial charge in [0.05, 0.1) is 12.6 Å². The van der Waals surface area contributed by atoms with Crippen molar-refractivity contribution < 1.29 is 9.59 Å². The highest BCUT2D eigenvalue weighted by molar-refractivity contribution is 5.89. The van der Waals surface area contributed by atoms with Crippen LogP contribution in [0.5, 0.6) is 0 Å². The van der Waals surface area contributed by atoms with Gasteiger partial charge in [0.1, 0.15) is 0 Å². The minimum atomic E-state index is -0.199. The molecule has 1 saturated heterocycles. The van der Waals surface area contributed by atoms with Crippen LogP contribution < -0.4 is 5.32 Å². The summed E-state index contributed by atoms with van der Waals surface area (Å²) in [6.07, 6.45) is 2.97. The SMILES string of the molecule is Cl.O=C(C1Cc2ccccc2CN1)N1CCN(C2CC2)C(=O)C1. The van der Waals surface area contributed by atoms with E-state index >= 15 is 0 Å². The summed E-state index contributed by atoms with van der Waals surface area (Å²) in [5, 5.41) is 3.32. The molecule has 0 bridgehead atoms. The van der Waals surface area contributed by atoms with E-state index in [1.165, 1.54) is 11.1 Å². The third kappa shape index (κ3) is 3.21. The minimum Gasteiger partial charge on any atom is -0.336 e. The van der Waals surface area contributed by atoms with E-state index in [9.17, 15) is 9.59 Å². The predicted octanol–water partition coefficient (Wildman–Crippen LogP) is 0.956. The standard InChI is InChI=1S/C17H21N3O2.ClH/c21-16-11-19(7-8-20(16)14-5-6-14)17(22)15-9-12-3-1-2-4-13(12)10-18-15;/h1-4,14-15,18H,5-11H2;1H. The molecule has 2 amide bonds. The Balaban J connectivity index is 0.00000156. The fourth-order valence-corrected chi connectivity index (χ4v) is 3.50. The summed E-state index contributed by atoms with van der Waals surface area (Å²) in [5.41, 5.74) is 2.50. The summed E-state index contributed by atoms with van der Waals surface area (Å²) in [6, 6.07) is 8.48. The number of halogens is 1. The zero-order valence-electron chi connectivity index (χ0n) is 13.0. The molecule has 1 saturated carbocycles. The quantitative estimate of drug-likeness (QED) is 0.875. The molecule has 0 radical (unpaired) electrons. The first kappa shape index (κ1) is 16.3. The highest BCUT2D eigenvalue weighted by Gasteiger charge is 2.38. The molecule has 1 aromatic carbocycles. The van der Waals surface area contributed by atoms with E-state index < -0.39 is 0 Å². The van der Waals surface area contributed by atoms with Crippen LogP contribution in [0.4, 0.5) is 0 Å². The van der Waals surface area contributed by atoms with Crippen molar-refractivity contribution in [1.29, 1.82) is 0 Å². The lowest BCUT2D eigenvalue weighted by Gasteiger charge is -2.37. The molecule has 1 atom stereocenters. The number of carbonyl (C=O) groups is 2. The van der Waals surface area contributed by atoms with Crippen molar-refractivity contribution in [2.45, 2.75) is 37.9 Å². The highest BCUT2D eigenvalue weighted by Crippen LogP contribution is 2.28. The van der Waals surface area contributed by atoms with E-state index in [0.29, 0.717) is 25.6 Å². The molecule has 1 unspecified atom stereocenters. The van der Waals surface area contributed by atoms with Gasteiger partial charge in [0.25, 0.3) is 0 Å². The average Bonchev–Trinajstić information content (AvgIpc) is 3.38.